The maximum atomic E-state index is 9.34. The second kappa shape index (κ2) is 5.71. The van der Waals surface area contributed by atoms with Crippen LogP contribution in [0.2, 0.25) is 0 Å². The topological polar surface area (TPSA) is 42.4 Å². The van der Waals surface area contributed by atoms with Crippen molar-refractivity contribution in [2.75, 3.05) is 6.61 Å². The third-order valence-electron chi connectivity index (χ3n) is 2.23. The fourth-order valence-corrected chi connectivity index (χ4v) is 1.13. The highest BCUT2D eigenvalue weighted by molar-refractivity contribution is 5.17. The highest BCUT2D eigenvalue weighted by Gasteiger charge is 2.05. The lowest BCUT2D eigenvalue weighted by Gasteiger charge is -2.11. The van der Waals surface area contributed by atoms with Gasteiger partial charge >= 0.3 is 0 Å². The highest BCUT2D eigenvalue weighted by atomic mass is 16.5. The van der Waals surface area contributed by atoms with Gasteiger partial charge < -0.3 is 9.84 Å². The van der Waals surface area contributed by atoms with Gasteiger partial charge in [-0.25, -0.2) is 4.98 Å². The standard InChI is InChI=1S/C12H19NO2/c1-4-10(14)8-15-12-7-5-6-11(13-12)9(2)3/h5-7,9-10,14H,4,8H2,1-3H3/t10-/m0/s1. The van der Waals surface area contributed by atoms with Gasteiger partial charge in [-0.2, -0.15) is 0 Å². The fourth-order valence-electron chi connectivity index (χ4n) is 1.13. The minimum Gasteiger partial charge on any atom is -0.475 e. The molecule has 0 spiro atoms. The molecule has 84 valence electrons. The molecule has 0 amide bonds. The molecule has 0 aliphatic heterocycles. The van der Waals surface area contributed by atoms with Crippen molar-refractivity contribution >= 4 is 0 Å². The van der Waals surface area contributed by atoms with E-state index >= 15 is 0 Å². The number of nitrogens with zero attached hydrogens (tertiary/aromatic N) is 1. The summed E-state index contributed by atoms with van der Waals surface area (Å²) >= 11 is 0. The van der Waals surface area contributed by atoms with Crippen LogP contribution in [0.4, 0.5) is 0 Å². The second-order valence-corrected chi connectivity index (χ2v) is 3.93. The van der Waals surface area contributed by atoms with Crippen molar-refractivity contribution < 1.29 is 9.84 Å². The third-order valence-corrected chi connectivity index (χ3v) is 2.23. The van der Waals surface area contributed by atoms with Gasteiger partial charge in [0, 0.05) is 11.8 Å². The van der Waals surface area contributed by atoms with Crippen LogP contribution in [0.15, 0.2) is 18.2 Å². The summed E-state index contributed by atoms with van der Waals surface area (Å²) in [7, 11) is 0. The minimum atomic E-state index is -0.408. The smallest absolute Gasteiger partial charge is 0.213 e. The van der Waals surface area contributed by atoms with Gasteiger partial charge in [0.25, 0.3) is 0 Å². The van der Waals surface area contributed by atoms with Crippen LogP contribution in [0.1, 0.15) is 38.8 Å². The first-order valence-electron chi connectivity index (χ1n) is 5.41. The first-order valence-corrected chi connectivity index (χ1v) is 5.41. The van der Waals surface area contributed by atoms with Crippen molar-refractivity contribution in [3.05, 3.63) is 23.9 Å². The Morgan fingerprint density at radius 2 is 2.13 bits per heavy atom. The number of ether oxygens (including phenoxy) is 1. The Labute approximate surface area is 91.1 Å². The molecule has 3 heteroatoms. The van der Waals surface area contributed by atoms with E-state index in [0.717, 1.165) is 5.69 Å². The van der Waals surface area contributed by atoms with E-state index in [1.165, 1.54) is 0 Å². The molecule has 0 saturated heterocycles. The van der Waals surface area contributed by atoms with Crippen LogP contribution < -0.4 is 4.74 Å². The zero-order valence-corrected chi connectivity index (χ0v) is 9.60. The Kier molecular flexibility index (Phi) is 4.56. The summed E-state index contributed by atoms with van der Waals surface area (Å²) in [6.45, 7) is 6.41. The Morgan fingerprint density at radius 3 is 2.73 bits per heavy atom. The van der Waals surface area contributed by atoms with Gasteiger partial charge in [-0.3, -0.25) is 0 Å². The molecule has 1 aromatic rings. The number of rotatable bonds is 5. The van der Waals surface area contributed by atoms with Crippen LogP contribution in [0.3, 0.4) is 0 Å². The zero-order valence-electron chi connectivity index (χ0n) is 9.60. The van der Waals surface area contributed by atoms with Crippen LogP contribution in [0.5, 0.6) is 5.88 Å². The van der Waals surface area contributed by atoms with Gasteiger partial charge in [0.2, 0.25) is 5.88 Å². The van der Waals surface area contributed by atoms with Crippen LogP contribution in [0.25, 0.3) is 0 Å². The Balaban J connectivity index is 2.58. The normalized spacial score (nSPS) is 12.9. The number of pyridine rings is 1. The maximum Gasteiger partial charge on any atom is 0.213 e. The molecule has 1 heterocycles. The van der Waals surface area contributed by atoms with Crippen LogP contribution in [-0.4, -0.2) is 22.8 Å². The molecular weight excluding hydrogens is 190 g/mol. The summed E-state index contributed by atoms with van der Waals surface area (Å²) in [6.07, 6.45) is 0.290. The van der Waals surface area contributed by atoms with E-state index in [9.17, 15) is 5.11 Å². The van der Waals surface area contributed by atoms with Crippen molar-refractivity contribution in [1.29, 1.82) is 0 Å². The Bertz CT molecular complexity index is 299. The lowest BCUT2D eigenvalue weighted by Crippen LogP contribution is -2.16. The number of hydrogen-bond donors (Lipinski definition) is 1. The molecule has 0 aliphatic rings. The zero-order chi connectivity index (χ0) is 11.3. The average Bonchev–Trinajstić information content (AvgIpc) is 2.26. The largest absolute Gasteiger partial charge is 0.475 e. The summed E-state index contributed by atoms with van der Waals surface area (Å²) in [6, 6.07) is 5.72. The summed E-state index contributed by atoms with van der Waals surface area (Å²) in [5.74, 6) is 0.985. The van der Waals surface area contributed by atoms with Crippen molar-refractivity contribution in [1.82, 2.24) is 4.98 Å². The summed E-state index contributed by atoms with van der Waals surface area (Å²) < 4.78 is 5.39. The molecule has 0 saturated carbocycles. The summed E-state index contributed by atoms with van der Waals surface area (Å²) in [5, 5.41) is 9.34. The van der Waals surface area contributed by atoms with Gasteiger partial charge in [0.05, 0.1) is 6.10 Å². The van der Waals surface area contributed by atoms with E-state index in [1.807, 2.05) is 25.1 Å². The minimum absolute atomic E-state index is 0.311. The second-order valence-electron chi connectivity index (χ2n) is 3.93. The van der Waals surface area contributed by atoms with E-state index < -0.39 is 6.10 Å². The van der Waals surface area contributed by atoms with Crippen molar-refractivity contribution in [3.8, 4) is 5.88 Å². The molecule has 3 nitrogen and oxygen atoms in total. The summed E-state index contributed by atoms with van der Waals surface area (Å²) in [5.41, 5.74) is 1.01. The summed E-state index contributed by atoms with van der Waals surface area (Å²) in [4.78, 5) is 4.35. The first-order chi connectivity index (χ1) is 7.13. The van der Waals surface area contributed by atoms with E-state index in [-0.39, 0.29) is 0 Å². The predicted octanol–water partition coefficient (Wildman–Crippen LogP) is 2.35. The van der Waals surface area contributed by atoms with Gasteiger partial charge in [0.1, 0.15) is 6.61 Å². The maximum absolute atomic E-state index is 9.34. The van der Waals surface area contributed by atoms with Crippen LogP contribution in [-0.2, 0) is 0 Å². The Morgan fingerprint density at radius 1 is 1.40 bits per heavy atom. The number of aliphatic hydroxyl groups is 1. The van der Waals surface area contributed by atoms with Crippen LogP contribution in [0, 0.1) is 0 Å². The average molecular weight is 209 g/mol. The van der Waals surface area contributed by atoms with E-state index in [4.69, 9.17) is 4.74 Å². The molecule has 0 aliphatic carbocycles. The van der Waals surface area contributed by atoms with Gasteiger partial charge in [-0.1, -0.05) is 26.8 Å². The van der Waals surface area contributed by atoms with Crippen LogP contribution >= 0.6 is 0 Å². The number of aromatic nitrogens is 1. The number of aliphatic hydroxyl groups excluding tert-OH is 1. The molecular formula is C12H19NO2. The third kappa shape index (κ3) is 3.88. The molecule has 0 fully saturated rings. The lowest BCUT2D eigenvalue weighted by atomic mass is 10.1. The van der Waals surface area contributed by atoms with Gasteiger partial charge in [-0.05, 0) is 18.4 Å². The molecule has 1 N–H and O–H groups in total. The van der Waals surface area contributed by atoms with Gasteiger partial charge in [-0.15, -0.1) is 0 Å². The highest BCUT2D eigenvalue weighted by Crippen LogP contribution is 2.15. The quantitative estimate of drug-likeness (QED) is 0.809. The molecule has 0 aromatic carbocycles. The first kappa shape index (κ1) is 12.0. The van der Waals surface area contributed by atoms with E-state index in [2.05, 4.69) is 18.8 Å². The SMILES string of the molecule is CC[C@H](O)COc1cccc(C(C)C)n1. The predicted molar refractivity (Wildman–Crippen MR) is 60.1 cm³/mol. The number of hydrogen-bond acceptors (Lipinski definition) is 3. The molecule has 1 rings (SSSR count). The molecule has 0 unspecified atom stereocenters. The van der Waals surface area contributed by atoms with Crippen molar-refractivity contribution in [2.24, 2.45) is 0 Å². The van der Waals surface area contributed by atoms with Gasteiger partial charge in [0.15, 0.2) is 0 Å². The Hall–Kier alpha value is -1.09. The molecule has 15 heavy (non-hydrogen) atoms. The lowest BCUT2D eigenvalue weighted by molar-refractivity contribution is 0.102. The molecule has 1 atom stereocenters. The van der Waals surface area contributed by atoms with Crippen molar-refractivity contribution in [3.63, 3.8) is 0 Å². The molecule has 0 radical (unpaired) electrons. The molecule has 1 aromatic heterocycles. The fraction of sp³-hybridized carbons (Fsp3) is 0.583. The van der Waals surface area contributed by atoms with Crippen molar-refractivity contribution in [2.45, 2.75) is 39.2 Å². The monoisotopic (exact) mass is 209 g/mol. The van der Waals surface area contributed by atoms with E-state index in [1.54, 1.807) is 0 Å². The van der Waals surface area contributed by atoms with E-state index in [0.29, 0.717) is 24.8 Å². The molecule has 0 bridgehead atoms.